The molecule has 1 aliphatic carbocycles. The topological polar surface area (TPSA) is 64.1 Å². The maximum absolute atomic E-state index is 12.9. The third-order valence-corrected chi connectivity index (χ3v) is 6.38. The van der Waals surface area contributed by atoms with Gasteiger partial charge in [0.15, 0.2) is 0 Å². The van der Waals surface area contributed by atoms with Crippen LogP contribution in [-0.2, 0) is 16.0 Å². The fraction of sp³-hybridized carbons (Fsp3) is 0.636. The van der Waals surface area contributed by atoms with Gasteiger partial charge in [-0.15, -0.1) is 12.4 Å². The molecule has 0 spiro atoms. The van der Waals surface area contributed by atoms with Gasteiger partial charge in [0.1, 0.15) is 0 Å². The van der Waals surface area contributed by atoms with Crippen molar-refractivity contribution in [3.8, 4) is 0 Å². The van der Waals surface area contributed by atoms with E-state index in [1.54, 1.807) is 0 Å². The molecule has 0 aromatic heterocycles. The van der Waals surface area contributed by atoms with E-state index >= 15 is 0 Å². The summed E-state index contributed by atoms with van der Waals surface area (Å²) in [6, 6.07) is 8.97. The number of fused-ring (bicyclic) bond motifs is 1. The van der Waals surface area contributed by atoms with E-state index in [1.165, 1.54) is 11.1 Å². The zero-order valence-electron chi connectivity index (χ0n) is 17.5. The van der Waals surface area contributed by atoms with Crippen LogP contribution in [0.15, 0.2) is 24.3 Å². The molecule has 0 saturated carbocycles. The number of amides is 1. The van der Waals surface area contributed by atoms with Gasteiger partial charge < -0.3 is 10.0 Å². The summed E-state index contributed by atoms with van der Waals surface area (Å²) in [5.41, 5.74) is 2.67. The number of hydrogen-bond acceptors (Lipinski definition) is 4. The molecule has 1 aromatic rings. The summed E-state index contributed by atoms with van der Waals surface area (Å²) in [4.78, 5) is 30.2. The molecule has 2 aliphatic rings. The van der Waals surface area contributed by atoms with Gasteiger partial charge >= 0.3 is 5.97 Å². The zero-order chi connectivity index (χ0) is 20.1. The smallest absolute Gasteiger partial charge is 0.317 e. The summed E-state index contributed by atoms with van der Waals surface area (Å²) in [7, 11) is 1.94. The molecule has 162 valence electrons. The van der Waals surface area contributed by atoms with E-state index in [-0.39, 0.29) is 30.9 Å². The molecule has 1 fully saturated rings. The van der Waals surface area contributed by atoms with Crippen molar-refractivity contribution >= 4 is 24.3 Å². The highest BCUT2D eigenvalue weighted by Crippen LogP contribution is 2.33. The minimum Gasteiger partial charge on any atom is -0.480 e. The molecule has 6 nitrogen and oxygen atoms in total. The number of rotatable bonds is 7. The first-order chi connectivity index (χ1) is 13.5. The lowest BCUT2D eigenvalue weighted by Gasteiger charge is -2.39. The van der Waals surface area contributed by atoms with Crippen molar-refractivity contribution in [3.63, 3.8) is 0 Å². The number of nitrogens with zero attached hydrogens (tertiary/aromatic N) is 3. The lowest BCUT2D eigenvalue weighted by Crippen LogP contribution is -2.49. The summed E-state index contributed by atoms with van der Waals surface area (Å²) < 4.78 is 0. The summed E-state index contributed by atoms with van der Waals surface area (Å²) in [6.45, 7) is 5.01. The van der Waals surface area contributed by atoms with Gasteiger partial charge in [0.25, 0.3) is 0 Å². The molecule has 1 N–H and O–H groups in total. The quantitative estimate of drug-likeness (QED) is 0.730. The maximum atomic E-state index is 12.9. The van der Waals surface area contributed by atoms with Crippen LogP contribution in [-0.4, -0.2) is 77.5 Å². The van der Waals surface area contributed by atoms with Crippen molar-refractivity contribution in [3.05, 3.63) is 35.4 Å². The van der Waals surface area contributed by atoms with E-state index in [0.717, 1.165) is 51.7 Å². The number of likely N-dealkylation sites (N-methyl/N-ethyl adjacent to an activating group) is 2. The molecule has 7 heteroatoms. The molecule has 0 bridgehead atoms. The molecular weight excluding hydrogens is 390 g/mol. The van der Waals surface area contributed by atoms with Crippen LogP contribution in [0.4, 0.5) is 0 Å². The number of aliphatic carboxylic acids is 1. The zero-order valence-corrected chi connectivity index (χ0v) is 18.4. The minimum absolute atomic E-state index is 0. The van der Waals surface area contributed by atoms with Crippen molar-refractivity contribution in [1.82, 2.24) is 14.7 Å². The number of carboxylic acids is 1. The number of likely N-dealkylation sites (tertiary alicyclic amines) is 1. The standard InChI is InChI=1S/C22H33N3O3.ClH/c1-3-25(16-22(27)28)18-11-13-24(14-12-18)15-21(26)23(2)20-10-6-8-17-7-4-5-9-19(17)20;/h4-5,7,9,18,20H,3,6,8,10-16H2,1-2H3,(H,27,28);1H. The van der Waals surface area contributed by atoms with Gasteiger partial charge in [-0.2, -0.15) is 0 Å². The van der Waals surface area contributed by atoms with E-state index in [4.69, 9.17) is 5.11 Å². The second-order valence-electron chi connectivity index (χ2n) is 8.08. The molecule has 29 heavy (non-hydrogen) atoms. The number of benzene rings is 1. The van der Waals surface area contributed by atoms with Crippen molar-refractivity contribution in [2.24, 2.45) is 0 Å². The van der Waals surface area contributed by atoms with Crippen molar-refractivity contribution in [2.45, 2.75) is 51.1 Å². The van der Waals surface area contributed by atoms with Gasteiger partial charge in [0.2, 0.25) is 5.91 Å². The Hall–Kier alpha value is -1.63. The van der Waals surface area contributed by atoms with E-state index in [2.05, 4.69) is 29.2 Å². The molecule has 1 aromatic carbocycles. The van der Waals surface area contributed by atoms with Crippen molar-refractivity contribution in [1.29, 1.82) is 0 Å². The summed E-state index contributed by atoms with van der Waals surface area (Å²) in [5, 5.41) is 9.07. The van der Waals surface area contributed by atoms with Crippen molar-refractivity contribution < 1.29 is 14.7 Å². The number of hydrogen-bond donors (Lipinski definition) is 1. The Morgan fingerprint density at radius 2 is 1.86 bits per heavy atom. The van der Waals surface area contributed by atoms with Crippen LogP contribution in [0, 0.1) is 0 Å². The van der Waals surface area contributed by atoms with Gasteiger partial charge in [-0.25, -0.2) is 0 Å². The highest BCUT2D eigenvalue weighted by molar-refractivity contribution is 5.85. The van der Waals surface area contributed by atoms with Crippen LogP contribution in [0.2, 0.25) is 0 Å². The second kappa shape index (κ2) is 11.0. The Morgan fingerprint density at radius 1 is 1.17 bits per heavy atom. The predicted molar refractivity (Wildman–Crippen MR) is 116 cm³/mol. The predicted octanol–water partition coefficient (Wildman–Crippen LogP) is 2.82. The first-order valence-electron chi connectivity index (χ1n) is 10.5. The van der Waals surface area contributed by atoms with Gasteiger partial charge in [0, 0.05) is 26.2 Å². The largest absolute Gasteiger partial charge is 0.480 e. The van der Waals surface area contributed by atoms with Crippen LogP contribution in [0.1, 0.15) is 49.8 Å². The van der Waals surface area contributed by atoms with Gasteiger partial charge in [-0.05, 0) is 49.8 Å². The third-order valence-electron chi connectivity index (χ3n) is 6.38. The number of halogens is 1. The lowest BCUT2D eigenvalue weighted by molar-refractivity contribution is -0.139. The van der Waals surface area contributed by atoms with Gasteiger partial charge in [-0.1, -0.05) is 31.2 Å². The third kappa shape index (κ3) is 5.93. The van der Waals surface area contributed by atoms with Crippen LogP contribution in [0.25, 0.3) is 0 Å². The molecule has 3 rings (SSSR count). The molecule has 1 atom stereocenters. The Bertz CT molecular complexity index is 692. The first-order valence-corrected chi connectivity index (χ1v) is 10.5. The fourth-order valence-electron chi connectivity index (χ4n) is 4.72. The van der Waals surface area contributed by atoms with E-state index in [9.17, 15) is 9.59 Å². The van der Waals surface area contributed by atoms with Crippen LogP contribution >= 0.6 is 12.4 Å². The van der Waals surface area contributed by atoms with E-state index in [1.807, 2.05) is 23.8 Å². The highest BCUT2D eigenvalue weighted by Gasteiger charge is 2.29. The summed E-state index contributed by atoms with van der Waals surface area (Å²) in [6.07, 6.45) is 5.10. The average molecular weight is 424 g/mol. The molecule has 0 radical (unpaired) electrons. The number of carbonyl (C=O) groups is 2. The molecular formula is C22H34ClN3O3. The lowest BCUT2D eigenvalue weighted by atomic mass is 9.87. The van der Waals surface area contributed by atoms with E-state index < -0.39 is 5.97 Å². The monoisotopic (exact) mass is 423 g/mol. The van der Waals surface area contributed by atoms with Gasteiger partial charge in [0.05, 0.1) is 19.1 Å². The molecule has 1 saturated heterocycles. The maximum Gasteiger partial charge on any atom is 0.317 e. The second-order valence-corrected chi connectivity index (χ2v) is 8.08. The number of carboxylic acid groups (broad SMARTS) is 1. The Kier molecular flexibility index (Phi) is 8.93. The van der Waals surface area contributed by atoms with Gasteiger partial charge in [-0.3, -0.25) is 19.4 Å². The SMILES string of the molecule is CCN(CC(=O)O)C1CCN(CC(=O)N(C)C2CCCc3ccccc32)CC1.Cl. The Morgan fingerprint density at radius 3 is 2.52 bits per heavy atom. The van der Waals surface area contributed by atoms with E-state index in [0.29, 0.717) is 12.6 Å². The number of piperidine rings is 1. The molecule has 1 amide bonds. The average Bonchev–Trinajstić information content (AvgIpc) is 2.71. The Labute approximate surface area is 180 Å². The molecule has 1 heterocycles. The fourth-order valence-corrected chi connectivity index (χ4v) is 4.72. The minimum atomic E-state index is -0.770. The first kappa shape index (κ1) is 23.6. The number of aryl methyl sites for hydroxylation is 1. The normalized spacial score (nSPS) is 20.0. The van der Waals surface area contributed by atoms with Crippen LogP contribution < -0.4 is 0 Å². The summed E-state index contributed by atoms with van der Waals surface area (Å²) in [5.74, 6) is -0.591. The molecule has 1 aliphatic heterocycles. The highest BCUT2D eigenvalue weighted by atomic mass is 35.5. The Balaban J connectivity index is 0.00000300. The van der Waals surface area contributed by atoms with Crippen LogP contribution in [0.3, 0.4) is 0 Å². The van der Waals surface area contributed by atoms with Crippen LogP contribution in [0.5, 0.6) is 0 Å². The summed E-state index contributed by atoms with van der Waals surface area (Å²) >= 11 is 0. The van der Waals surface area contributed by atoms with Crippen molar-refractivity contribution in [2.75, 3.05) is 39.8 Å². The number of carbonyl (C=O) groups excluding carboxylic acids is 1. The molecule has 1 unspecified atom stereocenters.